The average molecular weight is 338 g/mol. The quantitative estimate of drug-likeness (QED) is 0.920. The van der Waals surface area contributed by atoms with Crippen LogP contribution in [0.2, 0.25) is 0 Å². The fourth-order valence-electron chi connectivity index (χ4n) is 2.37. The van der Waals surface area contributed by atoms with E-state index in [1.54, 1.807) is 0 Å². The van der Waals surface area contributed by atoms with Crippen molar-refractivity contribution < 1.29 is 18.3 Å². The number of benzene rings is 1. The molecule has 0 saturated carbocycles. The summed E-state index contributed by atoms with van der Waals surface area (Å²) in [5, 5.41) is 11.1. The fourth-order valence-corrected chi connectivity index (χ4v) is 4.94. The molecule has 1 unspecified atom stereocenters. The molecule has 1 aromatic heterocycles. The molecule has 1 aliphatic heterocycles. The van der Waals surface area contributed by atoms with Gasteiger partial charge in [-0.15, -0.1) is 11.3 Å². The molecule has 116 valence electrons. The first-order chi connectivity index (χ1) is 10.5. The highest BCUT2D eigenvalue weighted by Gasteiger charge is 2.36. The van der Waals surface area contributed by atoms with Crippen LogP contribution < -0.4 is 0 Å². The minimum Gasteiger partial charge on any atom is -0.481 e. The Morgan fingerprint density at radius 3 is 2.68 bits per heavy atom. The molecule has 2 aromatic rings. The second kappa shape index (κ2) is 5.79. The lowest BCUT2D eigenvalue weighted by atomic mass is 10.1. The third kappa shape index (κ3) is 2.77. The molecule has 22 heavy (non-hydrogen) atoms. The van der Waals surface area contributed by atoms with Gasteiger partial charge >= 0.3 is 5.97 Å². The standard InChI is InChI=1S/C14H14N2O4S2/c17-14(18)11-6-7-16(8-11)22(19,20)12-9-21-13(15-12)10-4-2-1-3-5-10/h1-5,9,11H,6-8H2,(H,17,18). The first kappa shape index (κ1) is 15.1. The van der Waals surface area contributed by atoms with Crippen molar-refractivity contribution in [3.8, 4) is 10.6 Å². The molecular weight excluding hydrogens is 324 g/mol. The molecule has 0 spiro atoms. The van der Waals surface area contributed by atoms with Crippen LogP contribution in [0, 0.1) is 5.92 Å². The minimum absolute atomic E-state index is 0.00979. The molecule has 8 heteroatoms. The molecule has 0 amide bonds. The first-order valence-corrected chi connectivity index (χ1v) is 9.04. The molecule has 1 aliphatic rings. The maximum absolute atomic E-state index is 12.5. The van der Waals surface area contributed by atoms with Gasteiger partial charge in [-0.1, -0.05) is 30.3 Å². The Kier molecular flexibility index (Phi) is 3.98. The van der Waals surface area contributed by atoms with E-state index in [4.69, 9.17) is 5.11 Å². The Morgan fingerprint density at radius 1 is 1.32 bits per heavy atom. The molecule has 0 aliphatic carbocycles. The van der Waals surface area contributed by atoms with Gasteiger partial charge in [0.15, 0.2) is 5.03 Å². The van der Waals surface area contributed by atoms with Crippen molar-refractivity contribution in [2.45, 2.75) is 11.4 Å². The van der Waals surface area contributed by atoms with Gasteiger partial charge in [0.25, 0.3) is 10.0 Å². The van der Waals surface area contributed by atoms with Crippen LogP contribution in [0.25, 0.3) is 10.6 Å². The number of hydrogen-bond acceptors (Lipinski definition) is 5. The van der Waals surface area contributed by atoms with Crippen LogP contribution in [-0.4, -0.2) is 41.9 Å². The summed E-state index contributed by atoms with van der Waals surface area (Å²) in [5.41, 5.74) is 0.860. The maximum atomic E-state index is 12.5. The van der Waals surface area contributed by atoms with E-state index in [0.29, 0.717) is 11.4 Å². The molecule has 1 saturated heterocycles. The van der Waals surface area contributed by atoms with Crippen LogP contribution in [0.4, 0.5) is 0 Å². The monoisotopic (exact) mass is 338 g/mol. The highest BCUT2D eigenvalue weighted by molar-refractivity contribution is 7.89. The molecule has 0 radical (unpaired) electrons. The molecule has 2 heterocycles. The van der Waals surface area contributed by atoms with Crippen LogP contribution in [0.5, 0.6) is 0 Å². The highest BCUT2D eigenvalue weighted by atomic mass is 32.2. The summed E-state index contributed by atoms with van der Waals surface area (Å²) >= 11 is 1.26. The van der Waals surface area contributed by atoms with Crippen LogP contribution in [0.15, 0.2) is 40.7 Å². The zero-order chi connectivity index (χ0) is 15.7. The minimum atomic E-state index is -3.72. The molecule has 1 atom stereocenters. The third-order valence-electron chi connectivity index (χ3n) is 3.61. The van der Waals surface area contributed by atoms with E-state index in [9.17, 15) is 13.2 Å². The van der Waals surface area contributed by atoms with Gasteiger partial charge in [0, 0.05) is 24.0 Å². The van der Waals surface area contributed by atoms with Gasteiger partial charge in [0.1, 0.15) is 5.01 Å². The number of aromatic nitrogens is 1. The number of aliphatic carboxylic acids is 1. The Balaban J connectivity index is 1.85. The van der Waals surface area contributed by atoms with Gasteiger partial charge < -0.3 is 5.11 Å². The van der Waals surface area contributed by atoms with Crippen molar-refractivity contribution in [1.82, 2.24) is 9.29 Å². The van der Waals surface area contributed by atoms with Gasteiger partial charge in [-0.05, 0) is 6.42 Å². The summed E-state index contributed by atoms with van der Waals surface area (Å²) in [6, 6.07) is 9.34. The van der Waals surface area contributed by atoms with E-state index < -0.39 is 21.9 Å². The number of carboxylic acids is 1. The number of nitrogens with zero attached hydrogens (tertiary/aromatic N) is 2. The Labute approximate surface area is 132 Å². The summed E-state index contributed by atoms with van der Waals surface area (Å²) in [5.74, 6) is -1.59. The molecule has 1 N–H and O–H groups in total. The van der Waals surface area contributed by atoms with E-state index in [2.05, 4.69) is 4.98 Å². The average Bonchev–Trinajstić information content (AvgIpc) is 3.18. The van der Waals surface area contributed by atoms with Gasteiger partial charge in [0.05, 0.1) is 5.92 Å². The van der Waals surface area contributed by atoms with E-state index >= 15 is 0 Å². The summed E-state index contributed by atoms with van der Waals surface area (Å²) < 4.78 is 26.3. The van der Waals surface area contributed by atoms with Crippen LogP contribution >= 0.6 is 11.3 Å². The lowest BCUT2D eigenvalue weighted by Crippen LogP contribution is -2.30. The lowest BCUT2D eigenvalue weighted by Gasteiger charge is -2.13. The smallest absolute Gasteiger partial charge is 0.307 e. The molecule has 6 nitrogen and oxygen atoms in total. The van der Waals surface area contributed by atoms with Gasteiger partial charge in [-0.25, -0.2) is 13.4 Å². The van der Waals surface area contributed by atoms with Gasteiger partial charge in [-0.2, -0.15) is 4.31 Å². The zero-order valence-electron chi connectivity index (χ0n) is 11.5. The SMILES string of the molecule is O=C(O)C1CCN(S(=O)(=O)c2csc(-c3ccccc3)n2)C1. The van der Waals surface area contributed by atoms with E-state index in [1.165, 1.54) is 21.0 Å². The number of sulfonamides is 1. The van der Waals surface area contributed by atoms with Crippen molar-refractivity contribution in [2.24, 2.45) is 5.92 Å². The number of hydrogen-bond donors (Lipinski definition) is 1. The van der Waals surface area contributed by atoms with Crippen molar-refractivity contribution in [1.29, 1.82) is 0 Å². The Hall–Kier alpha value is -1.77. The predicted molar refractivity (Wildman–Crippen MR) is 82.1 cm³/mol. The number of thiazole rings is 1. The molecule has 0 bridgehead atoms. The van der Waals surface area contributed by atoms with E-state index in [0.717, 1.165) is 5.56 Å². The second-order valence-electron chi connectivity index (χ2n) is 5.04. The third-order valence-corrected chi connectivity index (χ3v) is 6.40. The molecule has 1 fully saturated rings. The summed E-state index contributed by atoms with van der Waals surface area (Å²) in [6.07, 6.45) is 0.338. The summed E-state index contributed by atoms with van der Waals surface area (Å²) in [4.78, 5) is 15.2. The zero-order valence-corrected chi connectivity index (χ0v) is 13.2. The number of rotatable bonds is 4. The fraction of sp³-hybridized carbons (Fsp3) is 0.286. The van der Waals surface area contributed by atoms with Crippen molar-refractivity contribution in [2.75, 3.05) is 13.1 Å². The summed E-state index contributed by atoms with van der Waals surface area (Å²) in [7, 11) is -3.72. The van der Waals surface area contributed by atoms with E-state index in [-0.39, 0.29) is 18.1 Å². The maximum Gasteiger partial charge on any atom is 0.307 e. The summed E-state index contributed by atoms with van der Waals surface area (Å²) in [6.45, 7) is 0.230. The van der Waals surface area contributed by atoms with Crippen molar-refractivity contribution >= 4 is 27.3 Å². The van der Waals surface area contributed by atoms with Crippen LogP contribution in [0.3, 0.4) is 0 Å². The van der Waals surface area contributed by atoms with Crippen molar-refractivity contribution in [3.05, 3.63) is 35.7 Å². The van der Waals surface area contributed by atoms with Crippen molar-refractivity contribution in [3.63, 3.8) is 0 Å². The molecule has 3 rings (SSSR count). The second-order valence-corrected chi connectivity index (χ2v) is 7.79. The van der Waals surface area contributed by atoms with Gasteiger partial charge in [-0.3, -0.25) is 4.79 Å². The van der Waals surface area contributed by atoms with E-state index in [1.807, 2.05) is 30.3 Å². The van der Waals surface area contributed by atoms with Crippen LogP contribution in [-0.2, 0) is 14.8 Å². The Morgan fingerprint density at radius 2 is 2.05 bits per heavy atom. The molecular formula is C14H14N2O4S2. The number of carbonyl (C=O) groups is 1. The highest BCUT2D eigenvalue weighted by Crippen LogP contribution is 2.29. The Bertz CT molecular complexity index is 786. The van der Waals surface area contributed by atoms with Crippen LogP contribution in [0.1, 0.15) is 6.42 Å². The predicted octanol–water partition coefficient (Wildman–Crippen LogP) is 1.91. The number of carboxylic acid groups (broad SMARTS) is 1. The topological polar surface area (TPSA) is 87.6 Å². The largest absolute Gasteiger partial charge is 0.481 e. The molecule has 1 aromatic carbocycles. The normalized spacial score (nSPS) is 19.4. The van der Waals surface area contributed by atoms with Gasteiger partial charge in [0.2, 0.25) is 0 Å². The lowest BCUT2D eigenvalue weighted by molar-refractivity contribution is -0.141. The first-order valence-electron chi connectivity index (χ1n) is 6.72.